The molecule has 1 aliphatic rings. The summed E-state index contributed by atoms with van der Waals surface area (Å²) in [6, 6.07) is 18.4. The molecule has 0 saturated carbocycles. The monoisotopic (exact) mass is 460 g/mol. The van der Waals surface area contributed by atoms with Gasteiger partial charge in [-0.2, -0.15) is 0 Å². The van der Waals surface area contributed by atoms with Gasteiger partial charge in [0.05, 0.1) is 16.5 Å². The van der Waals surface area contributed by atoms with Gasteiger partial charge in [-0.25, -0.2) is 0 Å². The fraction of sp³-hybridized carbons (Fsp3) is 0.259. The molecule has 0 spiro atoms. The summed E-state index contributed by atoms with van der Waals surface area (Å²) in [6.45, 7) is 8.05. The zero-order chi connectivity index (χ0) is 23.5. The van der Waals surface area contributed by atoms with E-state index in [2.05, 4.69) is 25.7 Å². The zero-order valence-corrected chi connectivity index (χ0v) is 19.9. The summed E-state index contributed by atoms with van der Waals surface area (Å²) in [5, 5.41) is 12.7. The van der Waals surface area contributed by atoms with E-state index in [0.29, 0.717) is 10.6 Å². The van der Waals surface area contributed by atoms with Crippen LogP contribution in [-0.4, -0.2) is 29.9 Å². The Bertz CT molecular complexity index is 1160. The fourth-order valence-electron chi connectivity index (χ4n) is 4.31. The Balaban J connectivity index is 1.81. The van der Waals surface area contributed by atoms with E-state index < -0.39 is 17.7 Å². The van der Waals surface area contributed by atoms with Crippen molar-refractivity contribution in [2.45, 2.75) is 33.2 Å². The number of ketones is 1. The molecule has 33 heavy (non-hydrogen) atoms. The first-order chi connectivity index (χ1) is 16.0. The highest BCUT2D eigenvalue weighted by molar-refractivity contribution is 7.12. The first-order valence-electron chi connectivity index (χ1n) is 11.3. The SMILES string of the molecule is CCc1ccc(N2C(=O)C(O)=C(C(=O)c3cccs3)C2c2ccc(N(CC)CC)cc2)cc1. The molecule has 1 unspecified atom stereocenters. The van der Waals surface area contributed by atoms with Crippen molar-refractivity contribution in [3.8, 4) is 0 Å². The maximum atomic E-state index is 13.4. The zero-order valence-electron chi connectivity index (χ0n) is 19.1. The van der Waals surface area contributed by atoms with E-state index in [-0.39, 0.29) is 11.4 Å². The molecule has 5 nitrogen and oxygen atoms in total. The van der Waals surface area contributed by atoms with Crippen LogP contribution in [-0.2, 0) is 11.2 Å². The van der Waals surface area contributed by atoms with E-state index in [1.165, 1.54) is 16.2 Å². The number of carbonyl (C=O) groups is 2. The fourth-order valence-corrected chi connectivity index (χ4v) is 4.99. The summed E-state index contributed by atoms with van der Waals surface area (Å²) in [5.41, 5.74) is 3.78. The number of nitrogens with zero attached hydrogens (tertiary/aromatic N) is 2. The minimum atomic E-state index is -0.703. The number of hydrogen-bond acceptors (Lipinski definition) is 5. The molecule has 170 valence electrons. The van der Waals surface area contributed by atoms with Crippen LogP contribution < -0.4 is 9.80 Å². The van der Waals surface area contributed by atoms with Crippen LogP contribution in [0.15, 0.2) is 77.4 Å². The lowest BCUT2D eigenvalue weighted by atomic mass is 9.94. The summed E-state index contributed by atoms with van der Waals surface area (Å²) < 4.78 is 0. The van der Waals surface area contributed by atoms with Crippen LogP contribution in [0.1, 0.15) is 47.6 Å². The Morgan fingerprint density at radius 2 is 1.67 bits per heavy atom. The Hall–Kier alpha value is -3.38. The van der Waals surface area contributed by atoms with Crippen molar-refractivity contribution in [2.75, 3.05) is 22.9 Å². The molecule has 1 aliphatic heterocycles. The second-order valence-corrected chi connectivity index (χ2v) is 8.88. The molecule has 0 aliphatic carbocycles. The highest BCUT2D eigenvalue weighted by Crippen LogP contribution is 2.42. The van der Waals surface area contributed by atoms with E-state index in [4.69, 9.17) is 0 Å². The van der Waals surface area contributed by atoms with Crippen LogP contribution in [0.3, 0.4) is 0 Å². The van der Waals surface area contributed by atoms with Crippen molar-refractivity contribution in [3.63, 3.8) is 0 Å². The van der Waals surface area contributed by atoms with Crippen LogP contribution >= 0.6 is 11.3 Å². The second kappa shape index (κ2) is 9.63. The lowest BCUT2D eigenvalue weighted by Crippen LogP contribution is -2.31. The quantitative estimate of drug-likeness (QED) is 0.423. The molecule has 2 heterocycles. The molecule has 3 aromatic rings. The van der Waals surface area contributed by atoms with E-state index in [1.54, 1.807) is 12.1 Å². The molecular weight excluding hydrogens is 432 g/mol. The predicted octanol–water partition coefficient (Wildman–Crippen LogP) is 5.94. The van der Waals surface area contributed by atoms with Gasteiger partial charge in [0.15, 0.2) is 5.76 Å². The Labute approximate surface area is 198 Å². The van der Waals surface area contributed by atoms with Gasteiger partial charge in [-0.05, 0) is 67.1 Å². The average Bonchev–Trinajstić information content (AvgIpc) is 3.48. The molecule has 0 radical (unpaired) electrons. The molecule has 2 aromatic carbocycles. The van der Waals surface area contributed by atoms with Crippen LogP contribution in [0.5, 0.6) is 0 Å². The maximum absolute atomic E-state index is 13.4. The minimum Gasteiger partial charge on any atom is -0.503 e. The molecule has 1 atom stereocenters. The summed E-state index contributed by atoms with van der Waals surface area (Å²) in [7, 11) is 0. The van der Waals surface area contributed by atoms with Crippen LogP contribution in [0.2, 0.25) is 0 Å². The largest absolute Gasteiger partial charge is 0.503 e. The number of aliphatic hydroxyl groups excluding tert-OH is 1. The van der Waals surface area contributed by atoms with Gasteiger partial charge in [-0.1, -0.05) is 37.3 Å². The number of thiophene rings is 1. The minimum absolute atomic E-state index is 0.123. The summed E-state index contributed by atoms with van der Waals surface area (Å²) in [5.74, 6) is -1.36. The van der Waals surface area contributed by atoms with E-state index in [0.717, 1.165) is 36.3 Å². The third-order valence-electron chi connectivity index (χ3n) is 6.16. The number of anilines is 2. The molecular formula is C27H28N2O3S. The van der Waals surface area contributed by atoms with E-state index >= 15 is 0 Å². The van der Waals surface area contributed by atoms with Crippen molar-refractivity contribution < 1.29 is 14.7 Å². The molecule has 0 saturated heterocycles. The van der Waals surface area contributed by atoms with Crippen molar-refractivity contribution in [2.24, 2.45) is 0 Å². The first-order valence-corrected chi connectivity index (χ1v) is 12.2. The molecule has 0 bridgehead atoms. The normalized spacial score (nSPS) is 15.9. The van der Waals surface area contributed by atoms with Crippen molar-refractivity contribution in [3.05, 3.63) is 93.4 Å². The molecule has 1 N–H and O–H groups in total. The van der Waals surface area contributed by atoms with Crippen molar-refractivity contribution in [1.29, 1.82) is 0 Å². The number of rotatable bonds is 8. The standard InChI is InChI=1S/C27H28N2O3S/c1-4-18-9-13-21(14-10-18)29-24(19-11-15-20(16-12-19)28(5-2)6-3)23(26(31)27(29)32)25(30)22-8-7-17-33-22/h7-17,24,31H,4-6H2,1-3H3. The summed E-state index contributed by atoms with van der Waals surface area (Å²) in [4.78, 5) is 30.9. The summed E-state index contributed by atoms with van der Waals surface area (Å²) >= 11 is 1.30. The van der Waals surface area contributed by atoms with Gasteiger partial charge in [-0.3, -0.25) is 14.5 Å². The van der Waals surface area contributed by atoms with Crippen molar-refractivity contribution >= 4 is 34.4 Å². The Morgan fingerprint density at radius 1 is 1.00 bits per heavy atom. The first kappa shape index (κ1) is 22.8. The van der Waals surface area contributed by atoms with Crippen LogP contribution in [0.25, 0.3) is 0 Å². The van der Waals surface area contributed by atoms with Gasteiger partial charge >= 0.3 is 0 Å². The highest BCUT2D eigenvalue weighted by Gasteiger charge is 2.44. The van der Waals surface area contributed by atoms with E-state index in [1.807, 2.05) is 53.9 Å². The Kier molecular flexibility index (Phi) is 6.65. The average molecular weight is 461 g/mol. The van der Waals surface area contributed by atoms with Crippen LogP contribution in [0, 0.1) is 0 Å². The molecule has 0 fully saturated rings. The van der Waals surface area contributed by atoms with Gasteiger partial charge in [-0.15, -0.1) is 11.3 Å². The number of benzene rings is 2. The van der Waals surface area contributed by atoms with Gasteiger partial charge in [0, 0.05) is 24.5 Å². The second-order valence-electron chi connectivity index (χ2n) is 7.93. The molecule has 6 heteroatoms. The van der Waals surface area contributed by atoms with Gasteiger partial charge in [0.2, 0.25) is 5.78 Å². The third-order valence-corrected chi connectivity index (χ3v) is 7.03. The highest BCUT2D eigenvalue weighted by atomic mass is 32.1. The number of aliphatic hydroxyl groups is 1. The van der Waals surface area contributed by atoms with E-state index in [9.17, 15) is 14.7 Å². The number of aryl methyl sites for hydroxylation is 1. The Morgan fingerprint density at radius 3 is 2.21 bits per heavy atom. The van der Waals surface area contributed by atoms with Gasteiger partial charge in [0.25, 0.3) is 5.91 Å². The molecule has 1 amide bonds. The molecule has 1 aromatic heterocycles. The number of Topliss-reactive ketones (excluding diaryl/α,β-unsaturated/α-hetero) is 1. The lowest BCUT2D eigenvalue weighted by molar-refractivity contribution is -0.117. The predicted molar refractivity (Wildman–Crippen MR) is 134 cm³/mol. The topological polar surface area (TPSA) is 60.9 Å². The number of hydrogen-bond donors (Lipinski definition) is 1. The van der Waals surface area contributed by atoms with Crippen LogP contribution in [0.4, 0.5) is 11.4 Å². The smallest absolute Gasteiger partial charge is 0.294 e. The summed E-state index contributed by atoms with van der Waals surface area (Å²) in [6.07, 6.45) is 0.885. The van der Waals surface area contributed by atoms with Gasteiger partial charge < -0.3 is 10.0 Å². The van der Waals surface area contributed by atoms with Gasteiger partial charge in [0.1, 0.15) is 0 Å². The molecule has 4 rings (SSSR count). The van der Waals surface area contributed by atoms with Crippen molar-refractivity contribution in [1.82, 2.24) is 0 Å². The number of carbonyl (C=O) groups excluding carboxylic acids is 2. The third kappa shape index (κ3) is 4.18. The number of amides is 1. The lowest BCUT2D eigenvalue weighted by Gasteiger charge is -2.28. The maximum Gasteiger partial charge on any atom is 0.294 e.